The number of carbonyl (C=O) groups excluding carboxylic acids is 2. The van der Waals surface area contributed by atoms with Gasteiger partial charge in [0.2, 0.25) is 0 Å². The fourth-order valence-corrected chi connectivity index (χ4v) is 4.12. The minimum atomic E-state index is -0.805. The van der Waals surface area contributed by atoms with Gasteiger partial charge in [0.1, 0.15) is 6.61 Å². The Morgan fingerprint density at radius 3 is 1.71 bits per heavy atom. The zero-order valence-electron chi connectivity index (χ0n) is 26.2. The van der Waals surface area contributed by atoms with E-state index in [1.807, 2.05) is 0 Å². The number of carbonyl (C=O) groups is 2. The number of rotatable bonds is 28. The summed E-state index contributed by atoms with van der Waals surface area (Å²) in [7, 11) is 0. The van der Waals surface area contributed by atoms with E-state index in [0.29, 0.717) is 19.4 Å². The molecule has 0 radical (unpaired) electrons. The summed E-state index contributed by atoms with van der Waals surface area (Å²) in [5, 5.41) is 18.2. The number of hydrogen-bond acceptors (Lipinski definition) is 6. The second-order valence-electron chi connectivity index (χ2n) is 11.1. The molecule has 1 atom stereocenters. The first-order valence-electron chi connectivity index (χ1n) is 16.2. The van der Waals surface area contributed by atoms with E-state index in [4.69, 9.17) is 14.6 Å². The van der Waals surface area contributed by atoms with Crippen molar-refractivity contribution >= 4 is 11.9 Å². The summed E-state index contributed by atoms with van der Waals surface area (Å²) in [6.45, 7) is 4.34. The summed E-state index contributed by atoms with van der Waals surface area (Å²) in [5.41, 5.74) is 0. The molecule has 0 aromatic heterocycles. The minimum absolute atomic E-state index is 0.0967. The molecule has 0 aromatic carbocycles. The van der Waals surface area contributed by atoms with Crippen LogP contribution in [0.3, 0.4) is 0 Å². The summed E-state index contributed by atoms with van der Waals surface area (Å²) in [6, 6.07) is 0. The van der Waals surface area contributed by atoms with Crippen molar-refractivity contribution in [1.82, 2.24) is 0 Å². The van der Waals surface area contributed by atoms with E-state index in [1.165, 1.54) is 25.7 Å². The third kappa shape index (κ3) is 30.6. The van der Waals surface area contributed by atoms with Crippen LogP contribution in [0.2, 0.25) is 0 Å². The van der Waals surface area contributed by atoms with Crippen molar-refractivity contribution in [2.45, 2.75) is 136 Å². The van der Waals surface area contributed by atoms with Gasteiger partial charge in [0.15, 0.2) is 6.10 Å². The van der Waals surface area contributed by atoms with Crippen molar-refractivity contribution < 1.29 is 29.3 Å². The quantitative estimate of drug-likeness (QED) is 0.0552. The molecule has 0 heterocycles. The summed E-state index contributed by atoms with van der Waals surface area (Å²) in [6.07, 6.45) is 33.4. The van der Waals surface area contributed by atoms with Gasteiger partial charge in [0.05, 0.1) is 6.61 Å². The number of hydrogen-bond donors (Lipinski definition) is 2. The van der Waals surface area contributed by atoms with Gasteiger partial charge in [-0.05, 0) is 63.7 Å². The second-order valence-corrected chi connectivity index (χ2v) is 11.1. The van der Waals surface area contributed by atoms with Crippen LogP contribution < -0.4 is 0 Å². The molecule has 0 aliphatic carbocycles. The maximum absolute atomic E-state index is 12.1. The molecule has 236 valence electrons. The Labute approximate surface area is 251 Å². The van der Waals surface area contributed by atoms with Crippen molar-refractivity contribution in [3.63, 3.8) is 0 Å². The van der Waals surface area contributed by atoms with Gasteiger partial charge in [-0.2, -0.15) is 0 Å². The van der Waals surface area contributed by atoms with Crippen LogP contribution in [0.25, 0.3) is 0 Å². The van der Waals surface area contributed by atoms with Crippen LogP contribution in [0, 0.1) is 5.92 Å². The van der Waals surface area contributed by atoms with Crippen molar-refractivity contribution in [3.05, 3.63) is 48.6 Å². The van der Waals surface area contributed by atoms with Gasteiger partial charge >= 0.3 is 11.9 Å². The molecular weight excluding hydrogens is 516 g/mol. The first-order chi connectivity index (χ1) is 20.0. The maximum atomic E-state index is 12.1. The Balaban J connectivity index is 3.74. The molecule has 0 unspecified atom stereocenters. The summed E-state index contributed by atoms with van der Waals surface area (Å²) in [4.78, 5) is 24.0. The lowest BCUT2D eigenvalue weighted by molar-refractivity contribution is -0.161. The number of unbranched alkanes of at least 4 members (excludes halogenated alkanes) is 9. The van der Waals surface area contributed by atoms with Crippen LogP contribution in [0.4, 0.5) is 0 Å². The molecule has 0 aliphatic rings. The van der Waals surface area contributed by atoms with Crippen molar-refractivity contribution in [1.29, 1.82) is 0 Å². The van der Waals surface area contributed by atoms with E-state index in [1.54, 1.807) is 0 Å². The van der Waals surface area contributed by atoms with Crippen LogP contribution in [-0.2, 0) is 19.1 Å². The molecule has 0 aliphatic heterocycles. The molecule has 6 nitrogen and oxygen atoms in total. The number of aliphatic hydroxyl groups excluding tert-OH is 2. The zero-order valence-corrected chi connectivity index (χ0v) is 26.2. The highest BCUT2D eigenvalue weighted by Gasteiger charge is 2.15. The van der Waals surface area contributed by atoms with E-state index in [-0.39, 0.29) is 31.6 Å². The van der Waals surface area contributed by atoms with E-state index < -0.39 is 6.10 Å². The molecule has 0 aromatic rings. The Hall–Kier alpha value is -2.18. The van der Waals surface area contributed by atoms with E-state index in [2.05, 4.69) is 62.5 Å². The highest BCUT2D eigenvalue weighted by atomic mass is 16.6. The van der Waals surface area contributed by atoms with Gasteiger partial charge in [0.25, 0.3) is 0 Å². The number of aliphatic hydroxyl groups is 2. The number of esters is 2. The molecule has 0 bridgehead atoms. The Bertz CT molecular complexity index is 722. The summed E-state index contributed by atoms with van der Waals surface area (Å²) in [5.74, 6) is 0.0850. The molecule has 0 amide bonds. The third-order valence-electron chi connectivity index (χ3n) is 6.61. The second kappa shape index (κ2) is 30.8. The first kappa shape index (κ1) is 38.8. The van der Waals surface area contributed by atoms with Gasteiger partial charge in [-0.15, -0.1) is 0 Å². The van der Waals surface area contributed by atoms with Crippen LogP contribution >= 0.6 is 0 Å². The summed E-state index contributed by atoms with van der Waals surface area (Å²) < 4.78 is 10.5. The highest BCUT2D eigenvalue weighted by molar-refractivity contribution is 5.70. The van der Waals surface area contributed by atoms with Crippen molar-refractivity contribution in [3.8, 4) is 0 Å². The average Bonchev–Trinajstić information content (AvgIpc) is 2.95. The zero-order chi connectivity index (χ0) is 30.2. The predicted molar refractivity (Wildman–Crippen MR) is 170 cm³/mol. The molecule has 6 heteroatoms. The lowest BCUT2D eigenvalue weighted by Gasteiger charge is -2.15. The smallest absolute Gasteiger partial charge is 0.306 e. The normalized spacial score (nSPS) is 12.9. The molecule has 41 heavy (non-hydrogen) atoms. The monoisotopic (exact) mass is 576 g/mol. The Kier molecular flexibility index (Phi) is 29.1. The van der Waals surface area contributed by atoms with E-state index >= 15 is 0 Å². The molecule has 0 saturated heterocycles. The van der Waals surface area contributed by atoms with Gasteiger partial charge in [0, 0.05) is 19.4 Å². The average molecular weight is 577 g/mol. The molecule has 0 rings (SSSR count). The third-order valence-corrected chi connectivity index (χ3v) is 6.61. The van der Waals surface area contributed by atoms with Crippen LogP contribution in [-0.4, -0.2) is 48.1 Å². The lowest BCUT2D eigenvalue weighted by atomic mass is 10.0. The molecule has 0 fully saturated rings. The van der Waals surface area contributed by atoms with Crippen LogP contribution in [0.5, 0.6) is 0 Å². The summed E-state index contributed by atoms with van der Waals surface area (Å²) >= 11 is 0. The van der Waals surface area contributed by atoms with Crippen molar-refractivity contribution in [2.24, 2.45) is 5.92 Å². The van der Waals surface area contributed by atoms with Gasteiger partial charge in [-0.25, -0.2) is 0 Å². The largest absolute Gasteiger partial charge is 0.462 e. The van der Waals surface area contributed by atoms with E-state index in [9.17, 15) is 14.7 Å². The van der Waals surface area contributed by atoms with Gasteiger partial charge in [-0.1, -0.05) is 107 Å². The van der Waals surface area contributed by atoms with Crippen LogP contribution in [0.15, 0.2) is 48.6 Å². The van der Waals surface area contributed by atoms with E-state index in [0.717, 1.165) is 76.5 Å². The topological polar surface area (TPSA) is 93.1 Å². The standard InChI is InChI=1S/C35H60O6/c1-32(2)26-22-18-15-16-19-23-27-34(38)40-31-33(30-37)41-35(39)28-24-20-14-12-10-8-6-4-3-5-7-9-11-13-17-21-25-29-36/h3,5-6,8-9,11-12,14,32-33,36-37H,4,7,10,13,15-31H2,1-2H3/b5-3-,8-6-,11-9-,14-12-/t33-/m0/s1. The Morgan fingerprint density at radius 2 is 1.12 bits per heavy atom. The molecule has 0 saturated carbocycles. The van der Waals surface area contributed by atoms with Gasteiger partial charge in [-0.3, -0.25) is 9.59 Å². The molecule has 2 N–H and O–H groups in total. The number of ether oxygens (including phenoxy) is 2. The minimum Gasteiger partial charge on any atom is -0.462 e. The highest BCUT2D eigenvalue weighted by Crippen LogP contribution is 2.12. The Morgan fingerprint density at radius 1 is 0.610 bits per heavy atom. The number of allylic oxidation sites excluding steroid dienone is 8. The van der Waals surface area contributed by atoms with Crippen molar-refractivity contribution in [2.75, 3.05) is 19.8 Å². The SMILES string of the molecule is CC(C)CCCCCCCCC(=O)OC[C@H](CO)OC(=O)CCC/C=C\C/C=C\C/C=C\C/C=C\CCCCCO. The fraction of sp³-hybridized carbons (Fsp3) is 0.714. The predicted octanol–water partition coefficient (Wildman–Crippen LogP) is 8.33. The first-order valence-corrected chi connectivity index (χ1v) is 16.2. The molecule has 0 spiro atoms. The van der Waals surface area contributed by atoms with Crippen LogP contribution in [0.1, 0.15) is 129 Å². The lowest BCUT2D eigenvalue weighted by Crippen LogP contribution is -2.28. The maximum Gasteiger partial charge on any atom is 0.306 e. The fourth-order valence-electron chi connectivity index (χ4n) is 4.12. The molecular formula is C35H60O6. The van der Waals surface area contributed by atoms with Gasteiger partial charge < -0.3 is 19.7 Å².